The Hall–Kier alpha value is -3.16. The predicted octanol–water partition coefficient (Wildman–Crippen LogP) is 4.26. The summed E-state index contributed by atoms with van der Waals surface area (Å²) in [4.78, 5) is 32.9. The van der Waals surface area contributed by atoms with Gasteiger partial charge in [0.1, 0.15) is 0 Å². The van der Waals surface area contributed by atoms with Gasteiger partial charge in [0, 0.05) is 61.3 Å². The summed E-state index contributed by atoms with van der Waals surface area (Å²) in [7, 11) is 0. The maximum atomic E-state index is 15.2. The van der Waals surface area contributed by atoms with Crippen LogP contribution in [0.2, 0.25) is 0 Å². The van der Waals surface area contributed by atoms with Crippen molar-refractivity contribution in [2.45, 2.75) is 13.5 Å². The van der Waals surface area contributed by atoms with E-state index in [0.29, 0.717) is 38.4 Å². The van der Waals surface area contributed by atoms with Crippen LogP contribution in [0.5, 0.6) is 0 Å². The van der Waals surface area contributed by atoms with Gasteiger partial charge in [0.05, 0.1) is 22.5 Å². The molecule has 200 valence electrons. The number of hydrogen-bond donors (Lipinski definition) is 3. The third-order valence-electron chi connectivity index (χ3n) is 6.41. The van der Waals surface area contributed by atoms with Gasteiger partial charge in [-0.3, -0.25) is 14.7 Å². The molecule has 3 aromatic rings. The van der Waals surface area contributed by atoms with Crippen LogP contribution in [0.15, 0.2) is 48.7 Å². The number of aromatic nitrogens is 1. The molecule has 0 radical (unpaired) electrons. The fraction of sp³-hybridized carbons (Fsp3) is 0.296. The van der Waals surface area contributed by atoms with Gasteiger partial charge in [-0.2, -0.15) is 0 Å². The highest BCUT2D eigenvalue weighted by Gasteiger charge is 2.30. The van der Waals surface area contributed by atoms with Crippen molar-refractivity contribution in [3.63, 3.8) is 0 Å². The molecule has 2 aromatic carbocycles. The number of amides is 1. The van der Waals surface area contributed by atoms with Gasteiger partial charge < -0.3 is 20.6 Å². The molecule has 0 bridgehead atoms. The average Bonchev–Trinajstić information content (AvgIpc) is 2.91. The number of piperazine rings is 1. The van der Waals surface area contributed by atoms with E-state index in [1.807, 2.05) is 24.3 Å². The lowest BCUT2D eigenvalue weighted by molar-refractivity contribution is 0.0632. The van der Waals surface area contributed by atoms with E-state index < -0.39 is 40.3 Å². The third-order valence-corrected chi connectivity index (χ3v) is 7.08. The van der Waals surface area contributed by atoms with Crippen LogP contribution in [0, 0.1) is 22.1 Å². The number of anilines is 2. The molecule has 0 spiro atoms. The molecule has 1 aliphatic rings. The Bertz CT molecular complexity index is 1320. The van der Waals surface area contributed by atoms with Crippen molar-refractivity contribution in [3.8, 4) is 0 Å². The molecular formula is C27H28F2IN5O3. The third kappa shape index (κ3) is 6.63. The number of carboxylic acid groups (broad SMARTS) is 1. The number of nitrogens with zero attached hydrogens (tertiary/aromatic N) is 3. The Balaban J connectivity index is 1.40. The minimum atomic E-state index is -1.47. The monoisotopic (exact) mass is 635 g/mol. The Morgan fingerprint density at radius 3 is 2.47 bits per heavy atom. The zero-order valence-electron chi connectivity index (χ0n) is 20.8. The summed E-state index contributed by atoms with van der Waals surface area (Å²) >= 11 is 2.12. The second-order valence-corrected chi connectivity index (χ2v) is 10.2. The molecule has 2 heterocycles. The van der Waals surface area contributed by atoms with Crippen LogP contribution in [-0.4, -0.2) is 71.0 Å². The number of carbonyl (C=O) groups excluding carboxylic acids is 1. The van der Waals surface area contributed by atoms with E-state index in [1.54, 1.807) is 25.3 Å². The van der Waals surface area contributed by atoms with Crippen molar-refractivity contribution in [2.75, 3.05) is 44.6 Å². The molecule has 1 aromatic heterocycles. The lowest BCUT2D eigenvalue weighted by Gasteiger charge is -2.35. The standard InChI is InChI=1S/C27H28F2IN5O3/c1-17-14-18(30)5-6-22(17)33-25-21(27(37)38)15-20(23(28)24(25)29)26(36)35-12-10-34(11-13-35)9-8-31-16-19-4-2-3-7-32-19/h2-7,14-15,31,33H,8-13,16H2,1H3,(H,37,38). The Morgan fingerprint density at radius 2 is 1.82 bits per heavy atom. The highest BCUT2D eigenvalue weighted by molar-refractivity contribution is 14.1. The van der Waals surface area contributed by atoms with Gasteiger partial charge in [0.2, 0.25) is 0 Å². The highest BCUT2D eigenvalue weighted by atomic mass is 127. The number of nitrogens with one attached hydrogen (secondary N) is 2. The number of benzene rings is 2. The number of carboxylic acids is 1. The Labute approximate surface area is 233 Å². The van der Waals surface area contributed by atoms with Gasteiger partial charge in [0.25, 0.3) is 5.91 Å². The van der Waals surface area contributed by atoms with Crippen LogP contribution >= 0.6 is 22.6 Å². The quantitative estimate of drug-likeness (QED) is 0.239. The van der Waals surface area contributed by atoms with Crippen LogP contribution in [-0.2, 0) is 6.54 Å². The summed E-state index contributed by atoms with van der Waals surface area (Å²) in [5.74, 6) is -4.96. The molecule has 1 aliphatic heterocycles. The average molecular weight is 635 g/mol. The maximum absolute atomic E-state index is 15.2. The number of carbonyl (C=O) groups is 2. The van der Waals surface area contributed by atoms with Gasteiger partial charge in [-0.1, -0.05) is 6.07 Å². The number of aryl methyl sites for hydroxylation is 1. The molecule has 8 nitrogen and oxygen atoms in total. The molecule has 1 fully saturated rings. The lowest BCUT2D eigenvalue weighted by Crippen LogP contribution is -2.50. The van der Waals surface area contributed by atoms with Crippen molar-refractivity contribution >= 4 is 45.8 Å². The molecule has 0 aliphatic carbocycles. The largest absolute Gasteiger partial charge is 0.478 e. The molecule has 4 rings (SSSR count). The van der Waals surface area contributed by atoms with Gasteiger partial charge in [-0.05, 0) is 71.5 Å². The molecule has 0 atom stereocenters. The van der Waals surface area contributed by atoms with E-state index in [9.17, 15) is 14.7 Å². The topological polar surface area (TPSA) is 97.8 Å². The van der Waals surface area contributed by atoms with Crippen molar-refractivity contribution in [3.05, 3.63) is 86.3 Å². The predicted molar refractivity (Wildman–Crippen MR) is 149 cm³/mol. The first-order chi connectivity index (χ1) is 18.2. The van der Waals surface area contributed by atoms with E-state index in [1.165, 1.54) is 4.90 Å². The number of hydrogen-bond acceptors (Lipinski definition) is 6. The lowest BCUT2D eigenvalue weighted by atomic mass is 10.0. The van der Waals surface area contributed by atoms with E-state index in [2.05, 4.69) is 43.1 Å². The second-order valence-electron chi connectivity index (χ2n) is 9.00. The van der Waals surface area contributed by atoms with Crippen molar-refractivity contribution < 1.29 is 23.5 Å². The fourth-order valence-electron chi connectivity index (χ4n) is 4.28. The molecule has 38 heavy (non-hydrogen) atoms. The number of rotatable bonds is 9. The molecular weight excluding hydrogens is 607 g/mol. The minimum absolute atomic E-state index is 0.324. The zero-order valence-corrected chi connectivity index (χ0v) is 23.0. The van der Waals surface area contributed by atoms with Crippen LogP contribution in [0.3, 0.4) is 0 Å². The van der Waals surface area contributed by atoms with Gasteiger partial charge >= 0.3 is 5.97 Å². The van der Waals surface area contributed by atoms with Gasteiger partial charge in [-0.25, -0.2) is 13.6 Å². The van der Waals surface area contributed by atoms with Crippen LogP contribution in [0.4, 0.5) is 20.2 Å². The normalized spacial score (nSPS) is 13.9. The first-order valence-corrected chi connectivity index (χ1v) is 13.2. The number of pyridine rings is 1. The molecule has 11 heteroatoms. The molecule has 1 saturated heterocycles. The van der Waals surface area contributed by atoms with Crippen molar-refractivity contribution in [1.29, 1.82) is 0 Å². The zero-order chi connectivity index (χ0) is 27.2. The molecule has 1 amide bonds. The van der Waals surface area contributed by atoms with Crippen molar-refractivity contribution in [2.24, 2.45) is 0 Å². The molecule has 3 N–H and O–H groups in total. The Morgan fingerprint density at radius 1 is 1.05 bits per heavy atom. The van der Waals surface area contributed by atoms with Crippen molar-refractivity contribution in [1.82, 2.24) is 20.1 Å². The van der Waals surface area contributed by atoms with E-state index >= 15 is 8.78 Å². The second kappa shape index (κ2) is 12.6. The fourth-order valence-corrected chi connectivity index (χ4v) is 4.92. The summed E-state index contributed by atoms with van der Waals surface area (Å²) in [6.07, 6.45) is 1.75. The molecule has 0 saturated carbocycles. The summed E-state index contributed by atoms with van der Waals surface area (Å²) in [6.45, 7) is 5.71. The first-order valence-electron chi connectivity index (χ1n) is 12.2. The van der Waals surface area contributed by atoms with E-state index in [0.717, 1.165) is 34.0 Å². The van der Waals surface area contributed by atoms with Crippen LogP contribution in [0.25, 0.3) is 0 Å². The summed E-state index contributed by atoms with van der Waals surface area (Å²) in [6, 6.07) is 11.9. The van der Waals surface area contributed by atoms with Gasteiger partial charge in [-0.15, -0.1) is 0 Å². The number of aromatic carboxylic acids is 1. The Kier molecular flexibility index (Phi) is 9.23. The highest BCUT2D eigenvalue weighted by Crippen LogP contribution is 2.31. The summed E-state index contributed by atoms with van der Waals surface area (Å²) in [5, 5.41) is 15.8. The van der Waals surface area contributed by atoms with Crippen LogP contribution in [0.1, 0.15) is 32.0 Å². The van der Waals surface area contributed by atoms with Crippen LogP contribution < -0.4 is 10.6 Å². The minimum Gasteiger partial charge on any atom is -0.478 e. The van der Waals surface area contributed by atoms with Gasteiger partial charge in [0.15, 0.2) is 11.6 Å². The van der Waals surface area contributed by atoms with E-state index in [4.69, 9.17) is 0 Å². The number of halogens is 3. The smallest absolute Gasteiger partial charge is 0.337 e. The SMILES string of the molecule is Cc1cc(I)ccc1Nc1c(C(=O)O)cc(C(=O)N2CCN(CCNCc3ccccn3)CC2)c(F)c1F. The van der Waals surface area contributed by atoms with E-state index in [-0.39, 0.29) is 0 Å². The summed E-state index contributed by atoms with van der Waals surface area (Å²) in [5.41, 5.74) is 0.513. The maximum Gasteiger partial charge on any atom is 0.337 e. The summed E-state index contributed by atoms with van der Waals surface area (Å²) < 4.78 is 31.2. The molecule has 0 unspecified atom stereocenters. The first kappa shape index (κ1) is 27.9.